The molecule has 1 aromatic heterocycles. The predicted octanol–water partition coefficient (Wildman–Crippen LogP) is 2.34. The third kappa shape index (κ3) is 3.62. The van der Waals surface area contributed by atoms with Gasteiger partial charge in [0.1, 0.15) is 0 Å². The minimum atomic E-state index is -0.0718. The number of para-hydroxylation sites is 1. The van der Waals surface area contributed by atoms with Crippen LogP contribution in [0, 0.1) is 0 Å². The van der Waals surface area contributed by atoms with Crippen LogP contribution in [0.2, 0.25) is 0 Å². The summed E-state index contributed by atoms with van der Waals surface area (Å²) in [6, 6.07) is 7.54. The molecule has 2 N–H and O–H groups in total. The normalized spacial score (nSPS) is 10.4. The number of amides is 1. The first-order chi connectivity index (χ1) is 10.2. The van der Waals surface area contributed by atoms with Crippen molar-refractivity contribution < 1.29 is 4.79 Å². The third-order valence-electron chi connectivity index (χ3n) is 3.30. The van der Waals surface area contributed by atoms with Crippen LogP contribution in [0.15, 0.2) is 30.5 Å². The van der Waals surface area contributed by atoms with E-state index in [1.165, 1.54) is 0 Å². The highest BCUT2D eigenvalue weighted by Crippen LogP contribution is 2.15. The van der Waals surface area contributed by atoms with Crippen LogP contribution in [-0.4, -0.2) is 22.2 Å². The van der Waals surface area contributed by atoms with Gasteiger partial charge < -0.3 is 10.6 Å². The maximum absolute atomic E-state index is 12.3. The lowest BCUT2D eigenvalue weighted by atomic mass is 10.1. The summed E-state index contributed by atoms with van der Waals surface area (Å²) in [5, 5.41) is 10.6. The van der Waals surface area contributed by atoms with E-state index in [0.717, 1.165) is 29.9 Å². The topological polar surface area (TPSA) is 59.0 Å². The van der Waals surface area contributed by atoms with Crippen molar-refractivity contribution in [1.29, 1.82) is 0 Å². The van der Waals surface area contributed by atoms with Crippen molar-refractivity contribution in [2.45, 2.75) is 26.8 Å². The third-order valence-corrected chi connectivity index (χ3v) is 3.30. The molecule has 21 heavy (non-hydrogen) atoms. The zero-order valence-corrected chi connectivity index (χ0v) is 12.8. The van der Waals surface area contributed by atoms with E-state index >= 15 is 0 Å². The van der Waals surface area contributed by atoms with Crippen LogP contribution in [0.4, 0.5) is 5.69 Å². The van der Waals surface area contributed by atoms with Gasteiger partial charge >= 0.3 is 0 Å². The summed E-state index contributed by atoms with van der Waals surface area (Å²) in [5.41, 5.74) is 3.62. The van der Waals surface area contributed by atoms with Crippen molar-refractivity contribution in [3.05, 3.63) is 47.3 Å². The highest BCUT2D eigenvalue weighted by Gasteiger charge is 2.12. The van der Waals surface area contributed by atoms with Gasteiger partial charge in [0.05, 0.1) is 11.3 Å². The quantitative estimate of drug-likeness (QED) is 0.857. The number of hydrogen-bond donors (Lipinski definition) is 2. The minimum absolute atomic E-state index is 0.0718. The molecule has 2 rings (SSSR count). The summed E-state index contributed by atoms with van der Waals surface area (Å²) >= 11 is 0. The van der Waals surface area contributed by atoms with Crippen molar-refractivity contribution in [2.75, 3.05) is 11.9 Å². The molecule has 0 unspecified atom stereocenters. The Labute approximate surface area is 125 Å². The van der Waals surface area contributed by atoms with Gasteiger partial charge in [-0.2, -0.15) is 5.10 Å². The van der Waals surface area contributed by atoms with Gasteiger partial charge in [-0.3, -0.25) is 9.48 Å². The van der Waals surface area contributed by atoms with Crippen LogP contribution in [0.1, 0.15) is 35.5 Å². The van der Waals surface area contributed by atoms with Crippen LogP contribution in [0.25, 0.3) is 0 Å². The molecule has 112 valence electrons. The fourth-order valence-corrected chi connectivity index (χ4v) is 2.33. The lowest BCUT2D eigenvalue weighted by Gasteiger charge is -2.10. The molecule has 1 heterocycles. The van der Waals surface area contributed by atoms with E-state index in [-0.39, 0.29) is 5.91 Å². The van der Waals surface area contributed by atoms with Crippen LogP contribution >= 0.6 is 0 Å². The molecule has 0 radical (unpaired) electrons. The highest BCUT2D eigenvalue weighted by molar-refractivity contribution is 5.99. The lowest BCUT2D eigenvalue weighted by molar-refractivity contribution is 0.0951. The number of carbonyl (C=O) groups excluding carboxylic acids is 1. The van der Waals surface area contributed by atoms with Crippen molar-refractivity contribution in [3.8, 4) is 0 Å². The maximum Gasteiger partial charge on any atom is 0.253 e. The molecule has 5 nitrogen and oxygen atoms in total. The Bertz CT molecular complexity index is 618. The number of nitrogens with one attached hydrogen (secondary N) is 2. The maximum atomic E-state index is 12.3. The average Bonchev–Trinajstić information content (AvgIpc) is 2.86. The molecule has 5 heteroatoms. The molecule has 0 fully saturated rings. The molecule has 0 bridgehead atoms. The largest absolute Gasteiger partial charge is 0.385 e. The number of rotatable bonds is 6. The summed E-state index contributed by atoms with van der Waals surface area (Å²) < 4.78 is 1.78. The van der Waals surface area contributed by atoms with Gasteiger partial charge in [0.25, 0.3) is 5.91 Å². The molecule has 0 saturated carbocycles. The Morgan fingerprint density at radius 1 is 1.29 bits per heavy atom. The van der Waals surface area contributed by atoms with E-state index in [1.807, 2.05) is 44.4 Å². The van der Waals surface area contributed by atoms with Gasteiger partial charge in [0.2, 0.25) is 0 Å². The number of benzene rings is 1. The van der Waals surface area contributed by atoms with Crippen LogP contribution in [0.5, 0.6) is 0 Å². The molecule has 0 aliphatic heterocycles. The number of anilines is 1. The number of aryl methyl sites for hydroxylation is 2. The van der Waals surface area contributed by atoms with E-state index in [4.69, 9.17) is 0 Å². The van der Waals surface area contributed by atoms with Gasteiger partial charge in [-0.25, -0.2) is 0 Å². The fourth-order valence-electron chi connectivity index (χ4n) is 2.33. The molecule has 2 aromatic rings. The second kappa shape index (κ2) is 6.92. The Morgan fingerprint density at radius 2 is 2.05 bits per heavy atom. The molecule has 0 aliphatic carbocycles. The van der Waals surface area contributed by atoms with Gasteiger partial charge in [0.15, 0.2) is 0 Å². The summed E-state index contributed by atoms with van der Waals surface area (Å²) in [6.45, 7) is 5.36. The first-order valence-corrected chi connectivity index (χ1v) is 7.28. The standard InChI is InChI=1S/C16H22N4O/c1-4-14-12(11-20(3)19-14)10-18-16(21)13-8-6-7-9-15(13)17-5-2/h6-9,11,17H,4-5,10H2,1-3H3,(H,18,21). The first kappa shape index (κ1) is 15.1. The zero-order chi connectivity index (χ0) is 15.2. The SMILES string of the molecule is CCNc1ccccc1C(=O)NCc1cn(C)nc1CC. The van der Waals surface area contributed by atoms with E-state index < -0.39 is 0 Å². The van der Waals surface area contributed by atoms with Crippen LogP contribution in [0.3, 0.4) is 0 Å². The summed E-state index contributed by atoms with van der Waals surface area (Å²) in [4.78, 5) is 12.3. The lowest BCUT2D eigenvalue weighted by Crippen LogP contribution is -2.24. The second-order valence-electron chi connectivity index (χ2n) is 4.89. The monoisotopic (exact) mass is 286 g/mol. The van der Waals surface area contributed by atoms with Gasteiger partial charge in [0, 0.05) is 37.6 Å². The van der Waals surface area contributed by atoms with E-state index in [9.17, 15) is 4.79 Å². The minimum Gasteiger partial charge on any atom is -0.385 e. The molecule has 0 aliphatic rings. The van der Waals surface area contributed by atoms with E-state index in [2.05, 4.69) is 22.7 Å². The Balaban J connectivity index is 2.08. The van der Waals surface area contributed by atoms with Crippen molar-refractivity contribution >= 4 is 11.6 Å². The Hall–Kier alpha value is -2.30. The average molecular weight is 286 g/mol. The summed E-state index contributed by atoms with van der Waals surface area (Å²) in [5.74, 6) is -0.0718. The summed E-state index contributed by atoms with van der Waals surface area (Å²) in [7, 11) is 1.89. The second-order valence-corrected chi connectivity index (χ2v) is 4.89. The fraction of sp³-hybridized carbons (Fsp3) is 0.375. The number of carbonyl (C=O) groups is 1. The molecule has 1 aromatic carbocycles. The number of aromatic nitrogens is 2. The molecule has 1 amide bonds. The smallest absolute Gasteiger partial charge is 0.253 e. The van der Waals surface area contributed by atoms with Gasteiger partial charge in [-0.15, -0.1) is 0 Å². The zero-order valence-electron chi connectivity index (χ0n) is 12.8. The van der Waals surface area contributed by atoms with Crippen LogP contribution in [-0.2, 0) is 20.0 Å². The molecular weight excluding hydrogens is 264 g/mol. The predicted molar refractivity (Wildman–Crippen MR) is 84.4 cm³/mol. The molecule has 0 atom stereocenters. The Kier molecular flexibility index (Phi) is 4.98. The number of nitrogens with zero attached hydrogens (tertiary/aromatic N) is 2. The van der Waals surface area contributed by atoms with Crippen molar-refractivity contribution in [2.24, 2.45) is 7.05 Å². The molecular formula is C16H22N4O. The molecule has 0 spiro atoms. The molecule has 0 saturated heterocycles. The van der Waals surface area contributed by atoms with E-state index in [1.54, 1.807) is 4.68 Å². The van der Waals surface area contributed by atoms with E-state index in [0.29, 0.717) is 12.1 Å². The number of hydrogen-bond acceptors (Lipinski definition) is 3. The van der Waals surface area contributed by atoms with Crippen LogP contribution < -0.4 is 10.6 Å². The Morgan fingerprint density at radius 3 is 2.76 bits per heavy atom. The summed E-state index contributed by atoms with van der Waals surface area (Å²) in [6.07, 6.45) is 2.81. The first-order valence-electron chi connectivity index (χ1n) is 7.28. The van der Waals surface area contributed by atoms with Crippen molar-refractivity contribution in [3.63, 3.8) is 0 Å². The van der Waals surface area contributed by atoms with Gasteiger partial charge in [-0.05, 0) is 25.5 Å². The highest BCUT2D eigenvalue weighted by atomic mass is 16.1. The van der Waals surface area contributed by atoms with Crippen molar-refractivity contribution in [1.82, 2.24) is 15.1 Å². The van der Waals surface area contributed by atoms with Gasteiger partial charge in [-0.1, -0.05) is 19.1 Å².